The second-order valence-electron chi connectivity index (χ2n) is 5.02. The number of aliphatic carboxylic acids is 2. The van der Waals surface area contributed by atoms with Crippen LogP contribution in [0.4, 0.5) is 0 Å². The van der Waals surface area contributed by atoms with Crippen molar-refractivity contribution in [2.24, 2.45) is 5.73 Å². The van der Waals surface area contributed by atoms with Gasteiger partial charge in [-0.15, -0.1) is 0 Å². The molecule has 142 valence electrons. The van der Waals surface area contributed by atoms with Gasteiger partial charge in [-0.25, -0.2) is 0 Å². The molecule has 0 saturated carbocycles. The second kappa shape index (κ2) is 11.4. The highest BCUT2D eigenvalue weighted by molar-refractivity contribution is 8.13. The molecule has 0 aliphatic rings. The van der Waals surface area contributed by atoms with Gasteiger partial charge in [-0.05, 0) is 13.3 Å². The molecule has 0 radical (unpaired) electrons. The molecule has 0 aromatic heterocycles. The van der Waals surface area contributed by atoms with Crippen molar-refractivity contribution in [2.75, 3.05) is 12.3 Å². The highest BCUT2D eigenvalue weighted by atomic mass is 32.2. The average molecular weight is 379 g/mol. The highest BCUT2D eigenvalue weighted by Gasteiger charge is 2.24. The number of hydrogen-bond donors (Lipinski definition) is 6. The molecule has 3 unspecified atom stereocenters. The Morgan fingerprint density at radius 3 is 2.24 bits per heavy atom. The number of rotatable bonds is 11. The quantitative estimate of drug-likeness (QED) is 0.223. The Labute approximate surface area is 147 Å². The van der Waals surface area contributed by atoms with E-state index in [9.17, 15) is 24.0 Å². The molecule has 11 nitrogen and oxygen atoms in total. The normalized spacial score (nSPS) is 14.0. The van der Waals surface area contributed by atoms with Crippen LogP contribution in [-0.4, -0.2) is 74.7 Å². The van der Waals surface area contributed by atoms with Crippen LogP contribution in [0.25, 0.3) is 0 Å². The summed E-state index contributed by atoms with van der Waals surface area (Å²) in [5.74, 6) is -4.31. The van der Waals surface area contributed by atoms with Gasteiger partial charge >= 0.3 is 11.9 Å². The van der Waals surface area contributed by atoms with E-state index in [1.807, 2.05) is 0 Å². The van der Waals surface area contributed by atoms with Crippen molar-refractivity contribution in [2.45, 2.75) is 38.0 Å². The van der Waals surface area contributed by atoms with Crippen LogP contribution < -0.4 is 16.4 Å². The van der Waals surface area contributed by atoms with Crippen LogP contribution in [0.1, 0.15) is 19.8 Å². The van der Waals surface area contributed by atoms with Crippen molar-refractivity contribution < 1.29 is 39.3 Å². The van der Waals surface area contributed by atoms with Gasteiger partial charge in [0.15, 0.2) is 0 Å². The lowest BCUT2D eigenvalue weighted by Crippen LogP contribution is -2.49. The van der Waals surface area contributed by atoms with E-state index in [1.54, 1.807) is 0 Å². The topological polar surface area (TPSA) is 196 Å². The first-order valence-electron chi connectivity index (χ1n) is 7.16. The van der Waals surface area contributed by atoms with E-state index >= 15 is 0 Å². The van der Waals surface area contributed by atoms with Crippen LogP contribution in [0, 0.1) is 0 Å². The largest absolute Gasteiger partial charge is 0.480 e. The van der Waals surface area contributed by atoms with E-state index in [2.05, 4.69) is 10.6 Å². The predicted octanol–water partition coefficient (Wildman–Crippen LogP) is -2.50. The van der Waals surface area contributed by atoms with Gasteiger partial charge < -0.3 is 31.7 Å². The van der Waals surface area contributed by atoms with Gasteiger partial charge in [0.25, 0.3) is 0 Å². The maximum atomic E-state index is 11.9. The van der Waals surface area contributed by atoms with E-state index < -0.39 is 53.6 Å². The first-order valence-corrected chi connectivity index (χ1v) is 8.15. The number of carbonyl (C=O) groups is 5. The van der Waals surface area contributed by atoms with Gasteiger partial charge in [0, 0.05) is 12.2 Å². The van der Waals surface area contributed by atoms with E-state index in [0.29, 0.717) is 11.8 Å². The summed E-state index contributed by atoms with van der Waals surface area (Å²) in [6.07, 6.45) is -1.70. The molecule has 0 rings (SSSR count). The smallest absolute Gasteiger partial charge is 0.322 e. The number of nitrogens with two attached hydrogens (primary N) is 1. The third-order valence-electron chi connectivity index (χ3n) is 2.80. The number of aliphatic hydroxyl groups is 1. The Bertz CT molecular complexity index is 525. The molecule has 0 bridgehead atoms. The zero-order chi connectivity index (χ0) is 19.6. The lowest BCUT2D eigenvalue weighted by molar-refractivity contribution is -0.139. The molecule has 0 fully saturated rings. The average Bonchev–Trinajstić information content (AvgIpc) is 2.53. The summed E-state index contributed by atoms with van der Waals surface area (Å²) in [6.45, 7) is 0.560. The minimum atomic E-state index is -1.29. The molecule has 3 atom stereocenters. The third kappa shape index (κ3) is 10.3. The van der Waals surface area contributed by atoms with Gasteiger partial charge in [-0.2, -0.15) is 0 Å². The Kier molecular flexibility index (Phi) is 10.4. The molecule has 25 heavy (non-hydrogen) atoms. The monoisotopic (exact) mass is 379 g/mol. The Morgan fingerprint density at radius 2 is 1.76 bits per heavy atom. The molecule has 0 aromatic rings. The number of amides is 2. The standard InChI is InChI=1S/C13H21N3O8S/c1-6(17)13(24)25-5-8(11(21)15-4-10(19)20)16-9(18)3-2-7(14)12(22)23/h6-8,17H,2-5,14H2,1H3,(H,15,21)(H,16,18)(H,19,20)(H,22,23). The van der Waals surface area contributed by atoms with Crippen molar-refractivity contribution >= 4 is 40.6 Å². The van der Waals surface area contributed by atoms with Crippen molar-refractivity contribution in [3.05, 3.63) is 0 Å². The molecular formula is C13H21N3O8S. The summed E-state index contributed by atoms with van der Waals surface area (Å²) in [6, 6.07) is -2.48. The fraction of sp³-hybridized carbons (Fsp3) is 0.615. The molecule has 0 aromatic carbocycles. The first-order chi connectivity index (χ1) is 11.5. The van der Waals surface area contributed by atoms with Crippen LogP contribution in [0.15, 0.2) is 0 Å². The van der Waals surface area contributed by atoms with Gasteiger partial charge in [0.05, 0.1) is 0 Å². The Morgan fingerprint density at radius 1 is 1.16 bits per heavy atom. The zero-order valence-corrected chi connectivity index (χ0v) is 14.2. The van der Waals surface area contributed by atoms with Crippen molar-refractivity contribution in [1.82, 2.24) is 10.6 Å². The number of carboxylic acids is 2. The van der Waals surface area contributed by atoms with E-state index in [-0.39, 0.29) is 18.6 Å². The van der Waals surface area contributed by atoms with Gasteiger partial charge in [0.1, 0.15) is 24.7 Å². The number of thioether (sulfide) groups is 1. The molecule has 7 N–H and O–H groups in total. The number of carbonyl (C=O) groups excluding carboxylic acids is 3. The fourth-order valence-electron chi connectivity index (χ4n) is 1.43. The molecule has 0 spiro atoms. The highest BCUT2D eigenvalue weighted by Crippen LogP contribution is 2.08. The summed E-state index contributed by atoms with van der Waals surface area (Å²) in [4.78, 5) is 56.2. The molecule has 0 aliphatic carbocycles. The minimum Gasteiger partial charge on any atom is -0.480 e. The number of carboxylic acid groups (broad SMARTS) is 2. The number of nitrogens with one attached hydrogen (secondary N) is 2. The van der Waals surface area contributed by atoms with Crippen LogP contribution in [-0.2, 0) is 24.0 Å². The van der Waals surface area contributed by atoms with Crippen LogP contribution in [0.2, 0.25) is 0 Å². The van der Waals surface area contributed by atoms with Gasteiger partial charge in [-0.1, -0.05) is 11.8 Å². The molecule has 0 aliphatic heterocycles. The van der Waals surface area contributed by atoms with Crippen LogP contribution >= 0.6 is 11.8 Å². The maximum absolute atomic E-state index is 11.9. The molecule has 2 amide bonds. The maximum Gasteiger partial charge on any atom is 0.322 e. The summed E-state index contributed by atoms with van der Waals surface area (Å²) < 4.78 is 0. The van der Waals surface area contributed by atoms with Gasteiger partial charge in [-0.3, -0.25) is 24.0 Å². The van der Waals surface area contributed by atoms with E-state index in [0.717, 1.165) is 0 Å². The van der Waals surface area contributed by atoms with Crippen LogP contribution in [0.3, 0.4) is 0 Å². The zero-order valence-electron chi connectivity index (χ0n) is 13.4. The lowest BCUT2D eigenvalue weighted by atomic mass is 10.1. The Hall–Kier alpha value is -2.18. The SMILES string of the molecule is CC(O)C(=O)SCC(NC(=O)CCC(N)C(=O)O)C(=O)NCC(=O)O. The molecule has 12 heteroatoms. The van der Waals surface area contributed by atoms with Crippen molar-refractivity contribution in [3.63, 3.8) is 0 Å². The molecular weight excluding hydrogens is 358 g/mol. The Balaban J connectivity index is 4.72. The number of aliphatic hydroxyl groups excluding tert-OH is 1. The van der Waals surface area contributed by atoms with Crippen molar-refractivity contribution in [1.29, 1.82) is 0 Å². The number of hydrogen-bond acceptors (Lipinski definition) is 8. The van der Waals surface area contributed by atoms with Crippen LogP contribution in [0.5, 0.6) is 0 Å². The lowest BCUT2D eigenvalue weighted by Gasteiger charge is -2.18. The predicted molar refractivity (Wildman–Crippen MR) is 86.6 cm³/mol. The van der Waals surface area contributed by atoms with Crippen molar-refractivity contribution in [3.8, 4) is 0 Å². The van der Waals surface area contributed by atoms with E-state index in [4.69, 9.17) is 21.1 Å². The summed E-state index contributed by atoms with van der Waals surface area (Å²) in [7, 11) is 0. The fourth-order valence-corrected chi connectivity index (χ4v) is 2.24. The minimum absolute atomic E-state index is 0.162. The third-order valence-corrected chi connectivity index (χ3v) is 3.92. The summed E-state index contributed by atoms with van der Waals surface area (Å²) in [5, 5.41) is 30.0. The van der Waals surface area contributed by atoms with Gasteiger partial charge in [0.2, 0.25) is 16.9 Å². The first kappa shape index (κ1) is 22.8. The second-order valence-corrected chi connectivity index (χ2v) is 6.05. The summed E-state index contributed by atoms with van der Waals surface area (Å²) >= 11 is 0.596. The summed E-state index contributed by atoms with van der Waals surface area (Å²) in [5.41, 5.74) is 5.27. The molecule has 0 heterocycles. The van der Waals surface area contributed by atoms with E-state index in [1.165, 1.54) is 6.92 Å². The molecule has 0 saturated heterocycles.